The zero-order valence-corrected chi connectivity index (χ0v) is 12.7. The van der Waals surface area contributed by atoms with Gasteiger partial charge in [0.25, 0.3) is 0 Å². The summed E-state index contributed by atoms with van der Waals surface area (Å²) >= 11 is 0. The molecule has 3 N–H and O–H groups in total. The largest absolute Gasteiger partial charge is 0.444 e. The van der Waals surface area contributed by atoms with E-state index in [9.17, 15) is 9.90 Å². The Morgan fingerprint density at radius 2 is 1.89 bits per heavy atom. The molecule has 0 aromatic carbocycles. The van der Waals surface area contributed by atoms with Crippen LogP contribution in [0.3, 0.4) is 0 Å². The van der Waals surface area contributed by atoms with Gasteiger partial charge in [-0.25, -0.2) is 4.79 Å². The molecule has 0 saturated heterocycles. The lowest BCUT2D eigenvalue weighted by Gasteiger charge is -2.39. The summed E-state index contributed by atoms with van der Waals surface area (Å²) in [6.45, 7) is 9.88. The first-order chi connectivity index (χ1) is 8.71. The fourth-order valence-corrected chi connectivity index (χ4v) is 2.10. The van der Waals surface area contributed by atoms with Gasteiger partial charge in [-0.1, -0.05) is 13.8 Å². The molecule has 1 fully saturated rings. The number of ether oxygens (including phenoxy) is 1. The predicted molar refractivity (Wildman–Crippen MR) is 75.0 cm³/mol. The average Bonchev–Trinajstić information content (AvgIpc) is 2.17. The highest BCUT2D eigenvalue weighted by atomic mass is 16.6. The molecule has 5 heteroatoms. The van der Waals surface area contributed by atoms with Gasteiger partial charge in [0.05, 0.1) is 6.61 Å². The molecule has 1 amide bonds. The number of alkyl carbamates (subject to hydrolysis) is 1. The highest BCUT2D eigenvalue weighted by Crippen LogP contribution is 2.22. The number of amides is 1. The molecule has 0 aromatic rings. The van der Waals surface area contributed by atoms with E-state index in [-0.39, 0.29) is 24.8 Å². The van der Waals surface area contributed by atoms with Gasteiger partial charge in [-0.05, 0) is 39.5 Å². The number of carbonyl (C=O) groups is 1. The number of nitrogens with one attached hydrogen (secondary N) is 2. The topological polar surface area (TPSA) is 70.6 Å². The van der Waals surface area contributed by atoms with E-state index in [0.717, 1.165) is 12.8 Å². The zero-order valence-electron chi connectivity index (χ0n) is 12.7. The molecule has 112 valence electrons. The van der Waals surface area contributed by atoms with Crippen LogP contribution in [0.5, 0.6) is 0 Å². The van der Waals surface area contributed by atoms with E-state index in [1.807, 2.05) is 20.8 Å². The lowest BCUT2D eigenvalue weighted by atomic mass is 9.85. The smallest absolute Gasteiger partial charge is 0.407 e. The number of hydrogen-bond donors (Lipinski definition) is 3. The second-order valence-corrected chi connectivity index (χ2v) is 6.71. The summed E-state index contributed by atoms with van der Waals surface area (Å²) in [6.07, 6.45) is 1.43. The minimum absolute atomic E-state index is 0.132. The Bertz CT molecular complexity index is 294. The van der Waals surface area contributed by atoms with Gasteiger partial charge in [0.2, 0.25) is 0 Å². The number of carbonyl (C=O) groups excluding carboxylic acids is 1. The molecule has 0 unspecified atom stereocenters. The first kappa shape index (κ1) is 16.2. The normalized spacial score (nSPS) is 24.8. The highest BCUT2D eigenvalue weighted by Gasteiger charge is 2.33. The molecular formula is C14H28N2O3. The van der Waals surface area contributed by atoms with Crippen LogP contribution in [0.4, 0.5) is 4.79 Å². The van der Waals surface area contributed by atoms with Crippen molar-refractivity contribution in [2.75, 3.05) is 6.61 Å². The monoisotopic (exact) mass is 272 g/mol. The lowest BCUT2D eigenvalue weighted by molar-refractivity contribution is 0.0456. The minimum Gasteiger partial charge on any atom is -0.444 e. The summed E-state index contributed by atoms with van der Waals surface area (Å²) < 4.78 is 5.21. The van der Waals surface area contributed by atoms with Crippen molar-refractivity contribution in [3.8, 4) is 0 Å². The molecule has 1 aliphatic carbocycles. The number of aliphatic hydroxyl groups is 1. The minimum atomic E-state index is -0.453. The van der Waals surface area contributed by atoms with Crippen molar-refractivity contribution in [3.63, 3.8) is 0 Å². The molecular weight excluding hydrogens is 244 g/mol. The van der Waals surface area contributed by atoms with Crippen LogP contribution in [0.15, 0.2) is 0 Å². The first-order valence-corrected chi connectivity index (χ1v) is 7.07. The Labute approximate surface area is 116 Å². The Hall–Kier alpha value is -0.810. The SMILES string of the molecule is CC(C)[C@@H](CO)NC1CC(NC(=O)OC(C)(C)C)C1. The second-order valence-electron chi connectivity index (χ2n) is 6.71. The Balaban J connectivity index is 2.21. The quantitative estimate of drug-likeness (QED) is 0.711. The van der Waals surface area contributed by atoms with Gasteiger partial charge < -0.3 is 20.5 Å². The van der Waals surface area contributed by atoms with E-state index in [4.69, 9.17) is 4.74 Å². The summed E-state index contributed by atoms with van der Waals surface area (Å²) in [6, 6.07) is 0.686. The maximum atomic E-state index is 11.6. The fourth-order valence-electron chi connectivity index (χ4n) is 2.10. The third kappa shape index (κ3) is 5.78. The number of rotatable bonds is 5. The maximum absolute atomic E-state index is 11.6. The molecule has 1 rings (SSSR count). The Morgan fingerprint density at radius 3 is 2.32 bits per heavy atom. The third-order valence-corrected chi connectivity index (χ3v) is 3.31. The van der Waals surface area contributed by atoms with E-state index in [0.29, 0.717) is 12.0 Å². The van der Waals surface area contributed by atoms with Crippen LogP contribution in [0, 0.1) is 5.92 Å². The van der Waals surface area contributed by atoms with Crippen LogP contribution in [0.1, 0.15) is 47.5 Å². The predicted octanol–water partition coefficient (Wildman–Crippen LogP) is 1.65. The van der Waals surface area contributed by atoms with Crippen molar-refractivity contribution in [1.82, 2.24) is 10.6 Å². The third-order valence-electron chi connectivity index (χ3n) is 3.31. The zero-order chi connectivity index (χ0) is 14.6. The van der Waals surface area contributed by atoms with E-state index in [2.05, 4.69) is 24.5 Å². The van der Waals surface area contributed by atoms with Gasteiger partial charge in [-0.2, -0.15) is 0 Å². The summed E-state index contributed by atoms with van der Waals surface area (Å²) in [4.78, 5) is 11.6. The molecule has 1 atom stereocenters. The molecule has 0 radical (unpaired) electrons. The highest BCUT2D eigenvalue weighted by molar-refractivity contribution is 5.68. The van der Waals surface area contributed by atoms with Gasteiger partial charge in [0, 0.05) is 18.1 Å². The molecule has 0 aliphatic heterocycles. The summed E-state index contributed by atoms with van der Waals surface area (Å²) in [5.41, 5.74) is -0.453. The van der Waals surface area contributed by atoms with Gasteiger partial charge in [-0.15, -0.1) is 0 Å². The number of hydrogen-bond acceptors (Lipinski definition) is 4. The van der Waals surface area contributed by atoms with E-state index < -0.39 is 5.60 Å². The molecule has 0 heterocycles. The molecule has 19 heavy (non-hydrogen) atoms. The fraction of sp³-hybridized carbons (Fsp3) is 0.929. The Morgan fingerprint density at radius 1 is 1.32 bits per heavy atom. The van der Waals surface area contributed by atoms with E-state index in [1.54, 1.807) is 0 Å². The molecule has 0 bridgehead atoms. The molecule has 0 spiro atoms. The van der Waals surface area contributed by atoms with E-state index >= 15 is 0 Å². The maximum Gasteiger partial charge on any atom is 0.407 e. The van der Waals surface area contributed by atoms with Crippen LogP contribution in [-0.4, -0.2) is 41.5 Å². The van der Waals surface area contributed by atoms with Crippen molar-refractivity contribution in [2.45, 2.75) is 71.2 Å². The number of aliphatic hydroxyl groups excluding tert-OH is 1. The second kappa shape index (κ2) is 6.57. The van der Waals surface area contributed by atoms with Gasteiger partial charge >= 0.3 is 6.09 Å². The van der Waals surface area contributed by atoms with Crippen molar-refractivity contribution < 1.29 is 14.6 Å². The van der Waals surface area contributed by atoms with Crippen LogP contribution in [0.2, 0.25) is 0 Å². The van der Waals surface area contributed by atoms with Crippen LogP contribution in [0.25, 0.3) is 0 Å². The van der Waals surface area contributed by atoms with Crippen LogP contribution in [-0.2, 0) is 4.74 Å². The summed E-state index contributed by atoms with van der Waals surface area (Å²) in [7, 11) is 0. The van der Waals surface area contributed by atoms with Crippen molar-refractivity contribution >= 4 is 6.09 Å². The van der Waals surface area contributed by atoms with Gasteiger partial charge in [0.1, 0.15) is 5.60 Å². The van der Waals surface area contributed by atoms with Gasteiger partial charge in [0.15, 0.2) is 0 Å². The van der Waals surface area contributed by atoms with Crippen molar-refractivity contribution in [2.24, 2.45) is 5.92 Å². The molecule has 1 saturated carbocycles. The Kier molecular flexibility index (Phi) is 5.62. The van der Waals surface area contributed by atoms with Crippen molar-refractivity contribution in [1.29, 1.82) is 0 Å². The average molecular weight is 272 g/mol. The van der Waals surface area contributed by atoms with Gasteiger partial charge in [-0.3, -0.25) is 0 Å². The van der Waals surface area contributed by atoms with Crippen molar-refractivity contribution in [3.05, 3.63) is 0 Å². The van der Waals surface area contributed by atoms with Crippen LogP contribution >= 0.6 is 0 Å². The van der Waals surface area contributed by atoms with E-state index in [1.165, 1.54) is 0 Å². The molecule has 1 aliphatic rings. The lowest BCUT2D eigenvalue weighted by Crippen LogP contribution is -2.56. The summed E-state index contributed by atoms with van der Waals surface area (Å²) in [5.74, 6) is 0.405. The molecule has 0 aromatic heterocycles. The standard InChI is InChI=1S/C14H28N2O3/c1-9(2)12(8-17)15-10-6-11(7-10)16-13(18)19-14(3,4)5/h9-12,15,17H,6-8H2,1-5H3,(H,16,18)/t10?,11?,12-/m1/s1. The van der Waals surface area contributed by atoms with Crippen LogP contribution < -0.4 is 10.6 Å². The first-order valence-electron chi connectivity index (χ1n) is 7.07. The summed E-state index contributed by atoms with van der Waals surface area (Å²) in [5, 5.41) is 15.5. The molecule has 5 nitrogen and oxygen atoms in total.